The Labute approximate surface area is 97.4 Å². The van der Waals surface area contributed by atoms with Crippen molar-refractivity contribution < 1.29 is 18.0 Å². The van der Waals surface area contributed by atoms with E-state index >= 15 is 0 Å². The summed E-state index contributed by atoms with van der Waals surface area (Å²) in [6, 6.07) is 1.17. The first-order valence-corrected chi connectivity index (χ1v) is 5.40. The number of likely N-dealkylation sites (tertiary alicyclic amines) is 1. The molecule has 1 atom stereocenters. The van der Waals surface area contributed by atoms with Crippen LogP contribution in [-0.4, -0.2) is 43.2 Å². The van der Waals surface area contributed by atoms with E-state index < -0.39 is 18.6 Å². The Balaban J connectivity index is 2.27. The van der Waals surface area contributed by atoms with Crippen LogP contribution in [0.2, 0.25) is 0 Å². The number of nitrogens with zero attached hydrogens (tertiary/aromatic N) is 2. The molecule has 1 heterocycles. The van der Waals surface area contributed by atoms with E-state index in [-0.39, 0.29) is 12.5 Å². The molecule has 0 spiro atoms. The first-order valence-electron chi connectivity index (χ1n) is 5.40. The topological polar surface area (TPSA) is 56.1 Å². The average molecular weight is 249 g/mol. The monoisotopic (exact) mass is 249 g/mol. The molecular formula is C10H14F3N3O. The maximum Gasteiger partial charge on any atom is 0.405 e. The molecule has 1 saturated heterocycles. The lowest BCUT2D eigenvalue weighted by Gasteiger charge is -2.17. The number of carbonyl (C=O) groups is 1. The Morgan fingerprint density at radius 2 is 2.00 bits per heavy atom. The SMILES string of the molecule is N#CC(CNCC(=O)N1CCCC1)C(F)(F)F. The highest BCUT2D eigenvalue weighted by atomic mass is 19.4. The van der Waals surface area contributed by atoms with Crippen molar-refractivity contribution >= 4 is 5.91 Å². The van der Waals surface area contributed by atoms with Crippen molar-refractivity contribution in [2.24, 2.45) is 5.92 Å². The van der Waals surface area contributed by atoms with Crippen LogP contribution >= 0.6 is 0 Å². The van der Waals surface area contributed by atoms with E-state index in [4.69, 9.17) is 5.26 Å². The van der Waals surface area contributed by atoms with Gasteiger partial charge in [0.2, 0.25) is 5.91 Å². The molecule has 0 aliphatic carbocycles. The van der Waals surface area contributed by atoms with Crippen molar-refractivity contribution in [1.29, 1.82) is 5.26 Å². The number of halogens is 3. The number of alkyl halides is 3. The zero-order valence-corrected chi connectivity index (χ0v) is 9.26. The second-order valence-electron chi connectivity index (χ2n) is 3.94. The molecule has 1 N–H and O–H groups in total. The van der Waals surface area contributed by atoms with Crippen LogP contribution in [0.15, 0.2) is 0 Å². The molecule has 0 aromatic carbocycles. The summed E-state index contributed by atoms with van der Waals surface area (Å²) in [5.74, 6) is -2.27. The summed E-state index contributed by atoms with van der Waals surface area (Å²) in [5.41, 5.74) is 0. The second-order valence-corrected chi connectivity index (χ2v) is 3.94. The van der Waals surface area contributed by atoms with Crippen LogP contribution in [0, 0.1) is 17.2 Å². The molecule has 0 bridgehead atoms. The van der Waals surface area contributed by atoms with Crippen LogP contribution in [-0.2, 0) is 4.79 Å². The predicted molar refractivity (Wildman–Crippen MR) is 53.8 cm³/mol. The van der Waals surface area contributed by atoms with Gasteiger partial charge in [-0.3, -0.25) is 4.79 Å². The molecule has 0 aromatic rings. The van der Waals surface area contributed by atoms with E-state index in [0.29, 0.717) is 13.1 Å². The number of hydrogen-bond donors (Lipinski definition) is 1. The third-order valence-corrected chi connectivity index (χ3v) is 2.63. The fourth-order valence-electron chi connectivity index (χ4n) is 1.64. The van der Waals surface area contributed by atoms with Gasteiger partial charge in [0.15, 0.2) is 5.92 Å². The van der Waals surface area contributed by atoms with Gasteiger partial charge in [0.05, 0.1) is 12.6 Å². The molecule has 1 unspecified atom stereocenters. The molecule has 7 heteroatoms. The fourth-order valence-corrected chi connectivity index (χ4v) is 1.64. The highest BCUT2D eigenvalue weighted by molar-refractivity contribution is 5.78. The molecule has 0 radical (unpaired) electrons. The molecule has 17 heavy (non-hydrogen) atoms. The van der Waals surface area contributed by atoms with Crippen LogP contribution in [0.5, 0.6) is 0 Å². The number of nitrogens with one attached hydrogen (secondary N) is 1. The van der Waals surface area contributed by atoms with Gasteiger partial charge in [0, 0.05) is 19.6 Å². The van der Waals surface area contributed by atoms with Gasteiger partial charge >= 0.3 is 6.18 Å². The van der Waals surface area contributed by atoms with E-state index in [1.807, 2.05) is 0 Å². The Kier molecular flexibility index (Phi) is 4.75. The zero-order chi connectivity index (χ0) is 12.9. The maximum atomic E-state index is 12.2. The molecule has 1 aliphatic rings. The lowest BCUT2D eigenvalue weighted by atomic mass is 10.1. The molecule has 1 aliphatic heterocycles. The van der Waals surface area contributed by atoms with E-state index in [2.05, 4.69) is 5.32 Å². The lowest BCUT2D eigenvalue weighted by Crippen LogP contribution is -2.40. The lowest BCUT2D eigenvalue weighted by molar-refractivity contribution is -0.158. The normalized spacial score (nSPS) is 17.9. The second kappa shape index (κ2) is 5.87. The van der Waals surface area contributed by atoms with Crippen LogP contribution in [0.1, 0.15) is 12.8 Å². The van der Waals surface area contributed by atoms with Crippen molar-refractivity contribution in [3.63, 3.8) is 0 Å². The van der Waals surface area contributed by atoms with Crippen molar-refractivity contribution in [2.75, 3.05) is 26.2 Å². The van der Waals surface area contributed by atoms with Crippen molar-refractivity contribution in [3.05, 3.63) is 0 Å². The van der Waals surface area contributed by atoms with Crippen molar-refractivity contribution in [3.8, 4) is 6.07 Å². The number of rotatable bonds is 4. The summed E-state index contributed by atoms with van der Waals surface area (Å²) in [6.45, 7) is 0.650. The van der Waals surface area contributed by atoms with Crippen LogP contribution < -0.4 is 5.32 Å². The van der Waals surface area contributed by atoms with Crippen LogP contribution in [0.4, 0.5) is 13.2 Å². The first kappa shape index (κ1) is 13.8. The minimum absolute atomic E-state index is 0.145. The number of hydrogen-bond acceptors (Lipinski definition) is 3. The van der Waals surface area contributed by atoms with Crippen molar-refractivity contribution in [2.45, 2.75) is 19.0 Å². The Hall–Kier alpha value is -1.29. The van der Waals surface area contributed by atoms with E-state index in [9.17, 15) is 18.0 Å². The van der Waals surface area contributed by atoms with E-state index in [0.717, 1.165) is 12.8 Å². The van der Waals surface area contributed by atoms with Crippen molar-refractivity contribution in [1.82, 2.24) is 10.2 Å². The largest absolute Gasteiger partial charge is 0.405 e. The van der Waals surface area contributed by atoms with Gasteiger partial charge in [0.25, 0.3) is 0 Å². The smallest absolute Gasteiger partial charge is 0.342 e. The quantitative estimate of drug-likeness (QED) is 0.805. The van der Waals surface area contributed by atoms with Gasteiger partial charge in [-0.1, -0.05) is 0 Å². The molecule has 1 rings (SSSR count). The summed E-state index contributed by atoms with van der Waals surface area (Å²) in [6.07, 6.45) is -2.66. The molecule has 4 nitrogen and oxygen atoms in total. The Morgan fingerprint density at radius 1 is 1.41 bits per heavy atom. The molecular weight excluding hydrogens is 235 g/mol. The number of carbonyl (C=O) groups excluding carboxylic acids is 1. The molecule has 96 valence electrons. The average Bonchev–Trinajstić information content (AvgIpc) is 2.75. The van der Waals surface area contributed by atoms with Gasteiger partial charge in [-0.05, 0) is 12.8 Å². The summed E-state index contributed by atoms with van der Waals surface area (Å²) in [7, 11) is 0. The molecule has 0 saturated carbocycles. The highest BCUT2D eigenvalue weighted by Crippen LogP contribution is 2.24. The Morgan fingerprint density at radius 3 is 2.47 bits per heavy atom. The minimum Gasteiger partial charge on any atom is -0.342 e. The molecule has 1 amide bonds. The minimum atomic E-state index is -4.54. The van der Waals surface area contributed by atoms with Crippen LogP contribution in [0.25, 0.3) is 0 Å². The first-order chi connectivity index (χ1) is 7.95. The summed E-state index contributed by atoms with van der Waals surface area (Å²) >= 11 is 0. The van der Waals surface area contributed by atoms with E-state index in [1.54, 1.807) is 4.90 Å². The summed E-state index contributed by atoms with van der Waals surface area (Å²) < 4.78 is 36.6. The third-order valence-electron chi connectivity index (χ3n) is 2.63. The van der Waals surface area contributed by atoms with Gasteiger partial charge < -0.3 is 10.2 Å². The van der Waals surface area contributed by atoms with Gasteiger partial charge in [-0.25, -0.2) is 0 Å². The fraction of sp³-hybridized carbons (Fsp3) is 0.800. The standard InChI is InChI=1S/C10H14F3N3O/c11-10(12,13)8(5-14)6-15-7-9(17)16-3-1-2-4-16/h8,15H,1-4,6-7H2. The molecule has 1 fully saturated rings. The number of nitriles is 1. The summed E-state index contributed by atoms with van der Waals surface area (Å²) in [5, 5.41) is 10.7. The maximum absolute atomic E-state index is 12.2. The van der Waals surface area contributed by atoms with Crippen LogP contribution in [0.3, 0.4) is 0 Å². The number of amides is 1. The van der Waals surface area contributed by atoms with Gasteiger partial charge in [-0.2, -0.15) is 18.4 Å². The molecule has 0 aromatic heterocycles. The zero-order valence-electron chi connectivity index (χ0n) is 9.26. The predicted octanol–water partition coefficient (Wildman–Crippen LogP) is 0.900. The highest BCUT2D eigenvalue weighted by Gasteiger charge is 2.39. The Bertz CT molecular complexity index is 305. The third kappa shape index (κ3) is 4.23. The summed E-state index contributed by atoms with van der Waals surface area (Å²) in [4.78, 5) is 13.1. The van der Waals surface area contributed by atoms with Gasteiger partial charge in [0.1, 0.15) is 0 Å². The van der Waals surface area contributed by atoms with E-state index in [1.165, 1.54) is 6.07 Å². The van der Waals surface area contributed by atoms with Gasteiger partial charge in [-0.15, -0.1) is 0 Å².